The monoisotopic (exact) mass is 254 g/mol. The third-order valence-electron chi connectivity index (χ3n) is 4.44. The highest BCUT2D eigenvalue weighted by Crippen LogP contribution is 2.22. The van der Waals surface area contributed by atoms with Crippen LogP contribution >= 0.6 is 0 Å². The van der Waals surface area contributed by atoms with E-state index in [-0.39, 0.29) is 0 Å². The van der Waals surface area contributed by atoms with Crippen LogP contribution in [0.25, 0.3) is 0 Å². The predicted molar refractivity (Wildman–Crippen MR) is 75.9 cm³/mol. The molecule has 18 heavy (non-hydrogen) atoms. The lowest BCUT2D eigenvalue weighted by Gasteiger charge is -2.39. The van der Waals surface area contributed by atoms with Gasteiger partial charge in [0.05, 0.1) is 6.10 Å². The average molecular weight is 254 g/mol. The maximum absolute atomic E-state index is 5.69. The molecule has 2 aliphatic rings. The predicted octanol–water partition coefficient (Wildman–Crippen LogP) is 2.27. The minimum atomic E-state index is 0.455. The maximum atomic E-state index is 5.69. The summed E-state index contributed by atoms with van der Waals surface area (Å²) in [7, 11) is 0. The Labute approximate surface area is 112 Å². The molecule has 0 aromatic carbocycles. The number of hydrogen-bond acceptors (Lipinski definition) is 3. The largest absolute Gasteiger partial charge is 0.378 e. The van der Waals surface area contributed by atoms with Crippen molar-refractivity contribution in [2.75, 3.05) is 32.8 Å². The second kappa shape index (κ2) is 7.46. The van der Waals surface area contributed by atoms with E-state index in [9.17, 15) is 0 Å². The van der Waals surface area contributed by atoms with E-state index < -0.39 is 0 Å². The molecule has 2 saturated heterocycles. The second-order valence-electron chi connectivity index (χ2n) is 6.05. The fraction of sp³-hybridized carbons (Fsp3) is 1.00. The summed E-state index contributed by atoms with van der Waals surface area (Å²) in [6.45, 7) is 10.5. The van der Waals surface area contributed by atoms with Crippen LogP contribution in [0.3, 0.4) is 0 Å². The van der Waals surface area contributed by atoms with Gasteiger partial charge in [-0.1, -0.05) is 6.92 Å². The lowest BCUT2D eigenvalue weighted by Crippen LogP contribution is -2.45. The quantitative estimate of drug-likeness (QED) is 0.814. The van der Waals surface area contributed by atoms with Crippen molar-refractivity contribution in [3.8, 4) is 0 Å². The van der Waals surface area contributed by atoms with Crippen molar-refractivity contribution in [1.82, 2.24) is 10.2 Å². The molecule has 2 fully saturated rings. The molecule has 0 aromatic rings. The fourth-order valence-corrected chi connectivity index (χ4v) is 3.41. The first-order valence-electron chi connectivity index (χ1n) is 7.86. The second-order valence-corrected chi connectivity index (χ2v) is 6.05. The zero-order valence-electron chi connectivity index (χ0n) is 12.2. The molecule has 0 saturated carbocycles. The lowest BCUT2D eigenvalue weighted by molar-refractivity contribution is -0.0216. The summed E-state index contributed by atoms with van der Waals surface area (Å²) in [6, 6.07) is 0.767. The van der Waals surface area contributed by atoms with Crippen LogP contribution in [0.1, 0.15) is 46.0 Å². The van der Waals surface area contributed by atoms with E-state index >= 15 is 0 Å². The van der Waals surface area contributed by atoms with Crippen molar-refractivity contribution >= 4 is 0 Å². The van der Waals surface area contributed by atoms with Crippen molar-refractivity contribution in [1.29, 1.82) is 0 Å². The van der Waals surface area contributed by atoms with E-state index in [1.165, 1.54) is 58.3 Å². The molecule has 2 unspecified atom stereocenters. The molecule has 0 bridgehead atoms. The number of ether oxygens (including phenoxy) is 1. The van der Waals surface area contributed by atoms with Gasteiger partial charge in [-0.05, 0) is 64.6 Å². The standard InChI is InChI=1S/C15H30N2O/c1-3-9-17(12-14-4-7-16-8-5-14)15-6-10-18-13(2)11-15/h13-16H,3-12H2,1-2H3. The summed E-state index contributed by atoms with van der Waals surface area (Å²) in [6.07, 6.45) is 6.91. The van der Waals surface area contributed by atoms with Gasteiger partial charge in [0.1, 0.15) is 0 Å². The van der Waals surface area contributed by atoms with Crippen LogP contribution in [0, 0.1) is 5.92 Å². The zero-order valence-corrected chi connectivity index (χ0v) is 12.2. The van der Waals surface area contributed by atoms with Gasteiger partial charge in [0.15, 0.2) is 0 Å². The molecule has 2 aliphatic heterocycles. The SMILES string of the molecule is CCCN(CC1CCNCC1)C1CCOC(C)C1. The average Bonchev–Trinajstić information content (AvgIpc) is 2.39. The third kappa shape index (κ3) is 4.22. The van der Waals surface area contributed by atoms with E-state index in [1.807, 2.05) is 0 Å². The molecule has 106 valence electrons. The van der Waals surface area contributed by atoms with Crippen molar-refractivity contribution < 1.29 is 4.74 Å². The van der Waals surface area contributed by atoms with Crippen LogP contribution < -0.4 is 5.32 Å². The van der Waals surface area contributed by atoms with Gasteiger partial charge in [0.2, 0.25) is 0 Å². The van der Waals surface area contributed by atoms with Gasteiger partial charge in [-0.25, -0.2) is 0 Å². The first-order chi connectivity index (χ1) is 8.79. The zero-order chi connectivity index (χ0) is 12.8. The summed E-state index contributed by atoms with van der Waals surface area (Å²) in [5, 5.41) is 3.47. The van der Waals surface area contributed by atoms with Gasteiger partial charge in [0.25, 0.3) is 0 Å². The number of nitrogens with one attached hydrogen (secondary N) is 1. The number of piperidine rings is 1. The van der Waals surface area contributed by atoms with Crippen molar-refractivity contribution in [2.24, 2.45) is 5.92 Å². The summed E-state index contributed by atoms with van der Waals surface area (Å²) in [5.74, 6) is 0.913. The van der Waals surface area contributed by atoms with Crippen molar-refractivity contribution in [2.45, 2.75) is 58.1 Å². The smallest absolute Gasteiger partial charge is 0.0561 e. The summed E-state index contributed by atoms with van der Waals surface area (Å²) >= 11 is 0. The van der Waals surface area contributed by atoms with Crippen LogP contribution in [-0.4, -0.2) is 49.8 Å². The molecule has 0 aliphatic carbocycles. The van der Waals surface area contributed by atoms with Crippen LogP contribution in [0.2, 0.25) is 0 Å². The Kier molecular flexibility index (Phi) is 5.93. The Morgan fingerprint density at radius 1 is 1.22 bits per heavy atom. The Balaban J connectivity index is 1.85. The van der Waals surface area contributed by atoms with E-state index in [1.54, 1.807) is 0 Å². The Morgan fingerprint density at radius 3 is 2.67 bits per heavy atom. The van der Waals surface area contributed by atoms with Gasteiger partial charge < -0.3 is 10.1 Å². The van der Waals surface area contributed by atoms with Crippen molar-refractivity contribution in [3.05, 3.63) is 0 Å². The summed E-state index contributed by atoms with van der Waals surface area (Å²) in [5.41, 5.74) is 0. The topological polar surface area (TPSA) is 24.5 Å². The van der Waals surface area contributed by atoms with Gasteiger partial charge in [0, 0.05) is 19.2 Å². The highest BCUT2D eigenvalue weighted by atomic mass is 16.5. The summed E-state index contributed by atoms with van der Waals surface area (Å²) in [4.78, 5) is 2.76. The molecule has 2 heterocycles. The molecule has 0 amide bonds. The van der Waals surface area contributed by atoms with Crippen LogP contribution in [0.5, 0.6) is 0 Å². The number of nitrogens with zero attached hydrogens (tertiary/aromatic N) is 1. The molecule has 1 N–H and O–H groups in total. The maximum Gasteiger partial charge on any atom is 0.0561 e. The molecular weight excluding hydrogens is 224 g/mol. The van der Waals surface area contributed by atoms with E-state index in [0.717, 1.165) is 18.6 Å². The highest BCUT2D eigenvalue weighted by Gasteiger charge is 2.26. The molecule has 0 spiro atoms. The number of hydrogen-bond donors (Lipinski definition) is 1. The normalized spacial score (nSPS) is 30.8. The molecule has 0 aromatic heterocycles. The Bertz CT molecular complexity index is 229. The van der Waals surface area contributed by atoms with E-state index in [4.69, 9.17) is 4.74 Å². The lowest BCUT2D eigenvalue weighted by atomic mass is 9.95. The minimum Gasteiger partial charge on any atom is -0.378 e. The van der Waals surface area contributed by atoms with Gasteiger partial charge in [-0.2, -0.15) is 0 Å². The first kappa shape index (κ1) is 14.3. The van der Waals surface area contributed by atoms with Gasteiger partial charge in [-0.3, -0.25) is 4.90 Å². The molecule has 3 heteroatoms. The molecule has 0 radical (unpaired) electrons. The van der Waals surface area contributed by atoms with Crippen LogP contribution in [0.4, 0.5) is 0 Å². The van der Waals surface area contributed by atoms with Gasteiger partial charge in [-0.15, -0.1) is 0 Å². The fourth-order valence-electron chi connectivity index (χ4n) is 3.41. The van der Waals surface area contributed by atoms with Crippen molar-refractivity contribution in [3.63, 3.8) is 0 Å². The first-order valence-corrected chi connectivity index (χ1v) is 7.86. The van der Waals surface area contributed by atoms with E-state index in [0.29, 0.717) is 6.10 Å². The van der Waals surface area contributed by atoms with Crippen LogP contribution in [0.15, 0.2) is 0 Å². The van der Waals surface area contributed by atoms with Gasteiger partial charge >= 0.3 is 0 Å². The Morgan fingerprint density at radius 2 is 2.00 bits per heavy atom. The molecule has 3 nitrogen and oxygen atoms in total. The number of rotatable bonds is 5. The molecule has 2 rings (SSSR count). The minimum absolute atomic E-state index is 0.455. The summed E-state index contributed by atoms with van der Waals surface area (Å²) < 4.78 is 5.69. The molecule has 2 atom stereocenters. The third-order valence-corrected chi connectivity index (χ3v) is 4.44. The van der Waals surface area contributed by atoms with E-state index in [2.05, 4.69) is 24.1 Å². The molecular formula is C15H30N2O. The highest BCUT2D eigenvalue weighted by molar-refractivity contribution is 4.81. The Hall–Kier alpha value is -0.120. The van der Waals surface area contributed by atoms with Crippen LogP contribution in [-0.2, 0) is 4.74 Å².